The number of amides is 3. The molecule has 1 aromatic carbocycles. The Labute approximate surface area is 158 Å². The Kier molecular flexibility index (Phi) is 5.48. The number of para-hydroxylation sites is 1. The van der Waals surface area contributed by atoms with Crippen LogP contribution in [0, 0.1) is 0 Å². The first-order valence-corrected chi connectivity index (χ1v) is 9.22. The van der Waals surface area contributed by atoms with Crippen LogP contribution in [0.5, 0.6) is 0 Å². The third-order valence-electron chi connectivity index (χ3n) is 5.28. The minimum atomic E-state index is -0.632. The lowest BCUT2D eigenvalue weighted by Crippen LogP contribution is -2.61. The second-order valence-corrected chi connectivity index (χ2v) is 6.96. The largest absolute Gasteiger partial charge is 0.357 e. The van der Waals surface area contributed by atoms with Crippen molar-refractivity contribution in [3.8, 4) is 0 Å². The van der Waals surface area contributed by atoms with Crippen molar-refractivity contribution in [1.82, 2.24) is 19.7 Å². The van der Waals surface area contributed by atoms with Gasteiger partial charge in [-0.05, 0) is 18.1 Å². The summed E-state index contributed by atoms with van der Waals surface area (Å²) in [5.41, 5.74) is 2.26. The highest BCUT2D eigenvalue weighted by Crippen LogP contribution is 2.22. The van der Waals surface area contributed by atoms with Crippen LogP contribution in [0.1, 0.15) is 18.9 Å². The molecule has 1 saturated heterocycles. The molecule has 1 fully saturated rings. The number of carbonyl (C=O) groups is 3. The summed E-state index contributed by atoms with van der Waals surface area (Å²) in [4.78, 5) is 40.0. The predicted molar refractivity (Wildman–Crippen MR) is 103 cm³/mol. The Morgan fingerprint density at radius 1 is 1.19 bits per heavy atom. The van der Waals surface area contributed by atoms with Gasteiger partial charge in [0.2, 0.25) is 17.7 Å². The number of piperazine rings is 1. The summed E-state index contributed by atoms with van der Waals surface area (Å²) in [7, 11) is 3.55. The zero-order chi connectivity index (χ0) is 19.6. The van der Waals surface area contributed by atoms with Crippen LogP contribution in [0.4, 0.5) is 0 Å². The number of fused-ring (bicyclic) bond motifs is 1. The molecule has 1 unspecified atom stereocenters. The van der Waals surface area contributed by atoms with Crippen molar-refractivity contribution in [3.63, 3.8) is 0 Å². The van der Waals surface area contributed by atoms with Crippen molar-refractivity contribution >= 4 is 28.6 Å². The van der Waals surface area contributed by atoms with E-state index in [9.17, 15) is 14.4 Å². The molecule has 144 valence electrons. The Hall–Kier alpha value is -2.83. The Morgan fingerprint density at radius 2 is 1.93 bits per heavy atom. The predicted octanol–water partition coefficient (Wildman–Crippen LogP) is 0.916. The van der Waals surface area contributed by atoms with E-state index in [1.807, 2.05) is 19.2 Å². The zero-order valence-corrected chi connectivity index (χ0v) is 16.1. The van der Waals surface area contributed by atoms with Gasteiger partial charge in [-0.15, -0.1) is 0 Å². The number of rotatable bonds is 4. The topological polar surface area (TPSA) is 74.7 Å². The minimum absolute atomic E-state index is 0.0558. The number of hydrogen-bond donors (Lipinski definition) is 1. The van der Waals surface area contributed by atoms with Gasteiger partial charge in [0.25, 0.3) is 0 Å². The van der Waals surface area contributed by atoms with Gasteiger partial charge in [-0.25, -0.2) is 0 Å². The lowest BCUT2D eigenvalue weighted by atomic mass is 10.1. The Morgan fingerprint density at radius 3 is 2.63 bits per heavy atom. The van der Waals surface area contributed by atoms with Crippen molar-refractivity contribution in [2.75, 3.05) is 26.7 Å². The van der Waals surface area contributed by atoms with Crippen molar-refractivity contribution in [3.05, 3.63) is 36.0 Å². The fourth-order valence-corrected chi connectivity index (χ4v) is 3.77. The van der Waals surface area contributed by atoms with Crippen LogP contribution in [0.15, 0.2) is 30.5 Å². The molecule has 2 heterocycles. The van der Waals surface area contributed by atoms with Crippen LogP contribution in [0.3, 0.4) is 0 Å². The number of nitrogens with zero attached hydrogens (tertiary/aromatic N) is 3. The van der Waals surface area contributed by atoms with Gasteiger partial charge in [-0.3, -0.25) is 14.4 Å². The molecule has 1 aliphatic heterocycles. The van der Waals surface area contributed by atoms with Gasteiger partial charge >= 0.3 is 0 Å². The van der Waals surface area contributed by atoms with E-state index in [4.69, 9.17) is 0 Å². The first-order valence-electron chi connectivity index (χ1n) is 9.22. The summed E-state index contributed by atoms with van der Waals surface area (Å²) in [6.45, 7) is 2.57. The number of nitrogens with one attached hydrogen (secondary N) is 1. The number of aromatic nitrogens is 1. The van der Waals surface area contributed by atoms with Crippen LogP contribution >= 0.6 is 0 Å². The fraction of sp³-hybridized carbons (Fsp3) is 0.450. The maximum atomic E-state index is 12.9. The molecule has 7 heteroatoms. The smallest absolute Gasteiger partial charge is 0.244 e. The van der Waals surface area contributed by atoms with Gasteiger partial charge in [-0.2, -0.15) is 0 Å². The van der Waals surface area contributed by atoms with E-state index in [2.05, 4.69) is 28.2 Å². The van der Waals surface area contributed by atoms with Gasteiger partial charge in [0, 0.05) is 57.6 Å². The summed E-state index contributed by atoms with van der Waals surface area (Å²) >= 11 is 0. The highest BCUT2D eigenvalue weighted by molar-refractivity contribution is 5.89. The maximum Gasteiger partial charge on any atom is 0.244 e. The van der Waals surface area contributed by atoms with Gasteiger partial charge in [0.1, 0.15) is 6.04 Å². The lowest BCUT2D eigenvalue weighted by Gasteiger charge is -2.40. The normalized spacial score (nSPS) is 17.2. The summed E-state index contributed by atoms with van der Waals surface area (Å²) in [6.07, 6.45) is 3.01. The SMILES string of the molecule is CNC(=O)C1CN(C(C)=O)CCN1C(=O)CCc1cn(C)c2ccccc12. The number of likely N-dealkylation sites (N-methyl/N-ethyl adjacent to an activating group) is 1. The molecule has 1 aliphatic rings. The monoisotopic (exact) mass is 370 g/mol. The van der Waals surface area contributed by atoms with Crippen molar-refractivity contribution in [1.29, 1.82) is 0 Å². The Bertz CT molecular complexity index is 873. The van der Waals surface area contributed by atoms with Crippen LogP contribution in [-0.4, -0.2) is 64.8 Å². The molecule has 0 spiro atoms. The quantitative estimate of drug-likeness (QED) is 0.870. The second kappa shape index (κ2) is 7.82. The summed E-state index contributed by atoms with van der Waals surface area (Å²) < 4.78 is 2.06. The Balaban J connectivity index is 1.72. The summed E-state index contributed by atoms with van der Waals surface area (Å²) in [5.74, 6) is -0.369. The van der Waals surface area contributed by atoms with E-state index in [0.29, 0.717) is 25.9 Å². The fourth-order valence-electron chi connectivity index (χ4n) is 3.77. The molecule has 3 amide bonds. The second-order valence-electron chi connectivity index (χ2n) is 6.96. The van der Waals surface area contributed by atoms with Gasteiger partial charge in [0.05, 0.1) is 6.54 Å². The van der Waals surface area contributed by atoms with Crippen LogP contribution < -0.4 is 5.32 Å². The highest BCUT2D eigenvalue weighted by Gasteiger charge is 2.35. The molecule has 0 aliphatic carbocycles. The van der Waals surface area contributed by atoms with E-state index in [1.54, 1.807) is 16.8 Å². The molecule has 27 heavy (non-hydrogen) atoms. The third-order valence-corrected chi connectivity index (χ3v) is 5.28. The van der Waals surface area contributed by atoms with Crippen LogP contribution in [0.2, 0.25) is 0 Å². The van der Waals surface area contributed by atoms with Crippen molar-refractivity contribution in [2.45, 2.75) is 25.8 Å². The molecule has 1 N–H and O–H groups in total. The highest BCUT2D eigenvalue weighted by atomic mass is 16.2. The number of aryl methyl sites for hydroxylation is 2. The van der Waals surface area contributed by atoms with Crippen molar-refractivity contribution in [2.24, 2.45) is 7.05 Å². The molecule has 7 nitrogen and oxygen atoms in total. The zero-order valence-electron chi connectivity index (χ0n) is 16.1. The first-order chi connectivity index (χ1) is 12.9. The van der Waals surface area contributed by atoms with Gasteiger partial charge in [0.15, 0.2) is 0 Å². The van der Waals surface area contributed by atoms with Crippen LogP contribution in [-0.2, 0) is 27.9 Å². The van der Waals surface area contributed by atoms with Crippen molar-refractivity contribution < 1.29 is 14.4 Å². The standard InChI is InChI=1S/C20H26N4O3/c1-14(25)23-10-11-24(18(13-23)20(27)21-2)19(26)9-8-15-12-22(3)17-7-5-4-6-16(15)17/h4-7,12,18H,8-11,13H2,1-3H3,(H,21,27). The van der Waals surface area contributed by atoms with E-state index in [-0.39, 0.29) is 24.3 Å². The molecule has 0 radical (unpaired) electrons. The van der Waals surface area contributed by atoms with E-state index in [1.165, 1.54) is 6.92 Å². The number of benzene rings is 1. The molecule has 3 rings (SSSR count). The lowest BCUT2D eigenvalue weighted by molar-refractivity contribution is -0.147. The van der Waals surface area contributed by atoms with Gasteiger partial charge < -0.3 is 19.7 Å². The minimum Gasteiger partial charge on any atom is -0.357 e. The molecular weight excluding hydrogens is 344 g/mol. The molecule has 1 aromatic heterocycles. The molecule has 0 bridgehead atoms. The summed E-state index contributed by atoms with van der Waals surface area (Å²) in [5, 5.41) is 3.76. The third kappa shape index (κ3) is 3.82. The maximum absolute atomic E-state index is 12.9. The van der Waals surface area contributed by atoms with Gasteiger partial charge in [-0.1, -0.05) is 18.2 Å². The first kappa shape index (κ1) is 18.9. The van der Waals surface area contributed by atoms with E-state index < -0.39 is 6.04 Å². The molecule has 1 atom stereocenters. The van der Waals surface area contributed by atoms with E-state index >= 15 is 0 Å². The average Bonchev–Trinajstić information content (AvgIpc) is 3.01. The number of carbonyl (C=O) groups excluding carboxylic acids is 3. The average molecular weight is 370 g/mol. The molecular formula is C20H26N4O3. The van der Waals surface area contributed by atoms with Crippen LogP contribution in [0.25, 0.3) is 10.9 Å². The number of hydrogen-bond acceptors (Lipinski definition) is 3. The molecule has 0 saturated carbocycles. The van der Waals surface area contributed by atoms with E-state index in [0.717, 1.165) is 16.5 Å². The summed E-state index contributed by atoms with van der Waals surface area (Å²) in [6, 6.07) is 7.49. The molecule has 2 aromatic rings.